The van der Waals surface area contributed by atoms with Crippen molar-refractivity contribution >= 4 is 5.91 Å². The minimum Gasteiger partial charge on any atom is -0.497 e. The average Bonchev–Trinajstić information content (AvgIpc) is 3.20. The van der Waals surface area contributed by atoms with Gasteiger partial charge in [-0.1, -0.05) is 23.4 Å². The van der Waals surface area contributed by atoms with Crippen LogP contribution in [0.4, 0.5) is 0 Å². The molecule has 3 aromatic rings. The van der Waals surface area contributed by atoms with E-state index in [-0.39, 0.29) is 11.9 Å². The highest BCUT2D eigenvalue weighted by Gasteiger charge is 2.21. The second-order valence-corrected chi connectivity index (χ2v) is 6.64. The van der Waals surface area contributed by atoms with Crippen LogP contribution >= 0.6 is 0 Å². The molecular formula is C22H24N2O4. The van der Waals surface area contributed by atoms with Gasteiger partial charge in [0.2, 0.25) is 0 Å². The quantitative estimate of drug-likeness (QED) is 0.607. The van der Waals surface area contributed by atoms with Gasteiger partial charge in [0.25, 0.3) is 5.91 Å². The predicted octanol–water partition coefficient (Wildman–Crippen LogP) is 4.41. The number of benzene rings is 2. The first-order chi connectivity index (χ1) is 13.5. The van der Waals surface area contributed by atoms with Crippen molar-refractivity contribution in [2.75, 3.05) is 14.2 Å². The van der Waals surface area contributed by atoms with Crippen LogP contribution in [0.3, 0.4) is 0 Å². The maximum Gasteiger partial charge on any atom is 0.254 e. The van der Waals surface area contributed by atoms with Gasteiger partial charge >= 0.3 is 0 Å². The Balaban J connectivity index is 1.84. The summed E-state index contributed by atoms with van der Waals surface area (Å²) in [6, 6.07) is 16.6. The van der Waals surface area contributed by atoms with Crippen LogP contribution in [-0.2, 0) is 6.54 Å². The summed E-state index contributed by atoms with van der Waals surface area (Å²) in [6.45, 7) is 4.32. The molecule has 0 N–H and O–H groups in total. The van der Waals surface area contributed by atoms with Crippen molar-refractivity contribution in [2.45, 2.75) is 26.4 Å². The fourth-order valence-electron chi connectivity index (χ4n) is 2.93. The summed E-state index contributed by atoms with van der Waals surface area (Å²) >= 11 is 0. The third-order valence-electron chi connectivity index (χ3n) is 4.47. The lowest BCUT2D eigenvalue weighted by atomic mass is 10.1. The molecule has 1 aromatic heterocycles. The molecule has 0 bridgehead atoms. The van der Waals surface area contributed by atoms with Crippen molar-refractivity contribution < 1.29 is 18.8 Å². The van der Waals surface area contributed by atoms with Crippen molar-refractivity contribution in [3.8, 4) is 22.8 Å². The normalized spacial score (nSPS) is 10.8. The summed E-state index contributed by atoms with van der Waals surface area (Å²) < 4.78 is 16.2. The summed E-state index contributed by atoms with van der Waals surface area (Å²) in [7, 11) is 3.19. The summed E-state index contributed by atoms with van der Waals surface area (Å²) in [5, 5.41) is 4.15. The number of hydrogen-bond acceptors (Lipinski definition) is 5. The van der Waals surface area contributed by atoms with Gasteiger partial charge in [0.1, 0.15) is 17.2 Å². The number of ether oxygens (including phenoxy) is 2. The number of amides is 1. The standard InChI is InChI=1S/C22H24N2O4/c1-15(2)24(22(25)16-8-6-5-7-9-16)14-17-12-21(28-23-17)19-11-10-18(26-3)13-20(19)27-4/h5-13,15H,14H2,1-4H3. The third kappa shape index (κ3) is 4.17. The Hall–Kier alpha value is -3.28. The number of methoxy groups -OCH3 is 2. The van der Waals surface area contributed by atoms with E-state index in [1.165, 1.54) is 0 Å². The monoisotopic (exact) mass is 380 g/mol. The molecule has 0 radical (unpaired) electrons. The van der Waals surface area contributed by atoms with E-state index in [4.69, 9.17) is 14.0 Å². The topological polar surface area (TPSA) is 64.8 Å². The molecule has 1 amide bonds. The molecule has 0 aliphatic carbocycles. The van der Waals surface area contributed by atoms with E-state index in [1.54, 1.807) is 25.2 Å². The molecular weight excluding hydrogens is 356 g/mol. The summed E-state index contributed by atoms with van der Waals surface area (Å²) in [5.74, 6) is 1.86. The second-order valence-electron chi connectivity index (χ2n) is 6.64. The summed E-state index contributed by atoms with van der Waals surface area (Å²) in [5.41, 5.74) is 2.09. The number of rotatable bonds is 7. The van der Waals surface area contributed by atoms with Crippen molar-refractivity contribution in [3.63, 3.8) is 0 Å². The summed E-state index contributed by atoms with van der Waals surface area (Å²) in [6.07, 6.45) is 0. The Morgan fingerprint density at radius 3 is 2.46 bits per heavy atom. The van der Waals surface area contributed by atoms with Crippen LogP contribution < -0.4 is 9.47 Å². The molecule has 0 aliphatic rings. The van der Waals surface area contributed by atoms with Gasteiger partial charge in [0, 0.05) is 23.7 Å². The van der Waals surface area contributed by atoms with E-state index in [9.17, 15) is 4.79 Å². The largest absolute Gasteiger partial charge is 0.497 e. The molecule has 146 valence electrons. The minimum atomic E-state index is -0.0396. The molecule has 3 rings (SSSR count). The Kier molecular flexibility index (Phi) is 5.99. The van der Waals surface area contributed by atoms with Crippen LogP contribution in [0.25, 0.3) is 11.3 Å². The van der Waals surface area contributed by atoms with Gasteiger partial charge in [-0.25, -0.2) is 0 Å². The zero-order chi connectivity index (χ0) is 20.1. The van der Waals surface area contributed by atoms with Crippen LogP contribution in [0.5, 0.6) is 11.5 Å². The van der Waals surface area contributed by atoms with Crippen LogP contribution in [0.2, 0.25) is 0 Å². The van der Waals surface area contributed by atoms with Crippen molar-refractivity contribution in [2.24, 2.45) is 0 Å². The number of carbonyl (C=O) groups excluding carboxylic acids is 1. The number of aromatic nitrogens is 1. The molecule has 0 atom stereocenters. The third-order valence-corrected chi connectivity index (χ3v) is 4.47. The first kappa shape index (κ1) is 19.5. The molecule has 0 fully saturated rings. The Bertz CT molecular complexity index is 935. The second kappa shape index (κ2) is 8.61. The fourth-order valence-corrected chi connectivity index (χ4v) is 2.93. The first-order valence-electron chi connectivity index (χ1n) is 9.07. The zero-order valence-corrected chi connectivity index (χ0v) is 16.5. The summed E-state index contributed by atoms with van der Waals surface area (Å²) in [4.78, 5) is 14.6. The zero-order valence-electron chi connectivity index (χ0n) is 16.5. The highest BCUT2D eigenvalue weighted by molar-refractivity contribution is 5.94. The maximum atomic E-state index is 12.9. The van der Waals surface area contributed by atoms with Crippen LogP contribution in [0.15, 0.2) is 59.1 Å². The average molecular weight is 380 g/mol. The molecule has 0 spiro atoms. The lowest BCUT2D eigenvalue weighted by Gasteiger charge is -2.25. The first-order valence-corrected chi connectivity index (χ1v) is 9.07. The van der Waals surface area contributed by atoms with Crippen LogP contribution in [0, 0.1) is 0 Å². The molecule has 6 nitrogen and oxygen atoms in total. The highest BCUT2D eigenvalue weighted by atomic mass is 16.5. The smallest absolute Gasteiger partial charge is 0.254 e. The van der Waals surface area contributed by atoms with E-state index in [0.717, 1.165) is 5.56 Å². The molecule has 0 unspecified atom stereocenters. The van der Waals surface area contributed by atoms with Gasteiger partial charge in [-0.3, -0.25) is 4.79 Å². The molecule has 0 saturated heterocycles. The Morgan fingerprint density at radius 1 is 1.07 bits per heavy atom. The van der Waals surface area contributed by atoms with E-state index >= 15 is 0 Å². The number of hydrogen-bond donors (Lipinski definition) is 0. The molecule has 0 saturated carbocycles. The molecule has 1 heterocycles. The SMILES string of the molecule is COc1ccc(-c2cc(CN(C(=O)c3ccccc3)C(C)C)no2)c(OC)c1. The van der Waals surface area contributed by atoms with Gasteiger partial charge < -0.3 is 18.9 Å². The molecule has 28 heavy (non-hydrogen) atoms. The molecule has 6 heteroatoms. The highest BCUT2D eigenvalue weighted by Crippen LogP contribution is 2.33. The van der Waals surface area contributed by atoms with Crippen molar-refractivity contribution in [1.29, 1.82) is 0 Å². The number of carbonyl (C=O) groups is 1. The maximum absolute atomic E-state index is 12.9. The van der Waals surface area contributed by atoms with E-state index in [0.29, 0.717) is 35.1 Å². The van der Waals surface area contributed by atoms with E-state index < -0.39 is 0 Å². The van der Waals surface area contributed by atoms with Gasteiger partial charge in [0.15, 0.2) is 5.76 Å². The Morgan fingerprint density at radius 2 is 1.82 bits per heavy atom. The number of nitrogens with zero attached hydrogens (tertiary/aromatic N) is 2. The molecule has 0 aliphatic heterocycles. The Labute approximate surface area is 164 Å². The lowest BCUT2D eigenvalue weighted by Crippen LogP contribution is -2.36. The predicted molar refractivity (Wildman–Crippen MR) is 106 cm³/mol. The van der Waals surface area contributed by atoms with Gasteiger partial charge in [-0.05, 0) is 38.1 Å². The van der Waals surface area contributed by atoms with Crippen molar-refractivity contribution in [3.05, 3.63) is 65.9 Å². The van der Waals surface area contributed by atoms with E-state index in [1.807, 2.05) is 62.4 Å². The fraction of sp³-hybridized carbons (Fsp3) is 0.273. The lowest BCUT2D eigenvalue weighted by molar-refractivity contribution is 0.0686. The van der Waals surface area contributed by atoms with Crippen molar-refractivity contribution in [1.82, 2.24) is 10.1 Å². The van der Waals surface area contributed by atoms with Crippen LogP contribution in [0.1, 0.15) is 29.9 Å². The van der Waals surface area contributed by atoms with Gasteiger partial charge in [-0.2, -0.15) is 0 Å². The van der Waals surface area contributed by atoms with Gasteiger partial charge in [0.05, 0.1) is 26.3 Å². The van der Waals surface area contributed by atoms with Crippen LogP contribution in [-0.4, -0.2) is 36.2 Å². The minimum absolute atomic E-state index is 0.0170. The van der Waals surface area contributed by atoms with E-state index in [2.05, 4.69) is 5.16 Å². The van der Waals surface area contributed by atoms with Gasteiger partial charge in [-0.15, -0.1) is 0 Å². The molecule has 2 aromatic carbocycles.